The van der Waals surface area contributed by atoms with Gasteiger partial charge in [0.25, 0.3) is 0 Å². The van der Waals surface area contributed by atoms with Crippen molar-refractivity contribution in [3.05, 3.63) is 24.3 Å². The molecule has 0 bridgehead atoms. The average Bonchev–Trinajstić information content (AvgIpc) is 2.63. The summed E-state index contributed by atoms with van der Waals surface area (Å²) >= 11 is 0. The van der Waals surface area contributed by atoms with Gasteiger partial charge >= 0.3 is 0 Å². The summed E-state index contributed by atoms with van der Waals surface area (Å²) < 4.78 is 16.4. The average molecular weight is 347 g/mol. The maximum absolute atomic E-state index is 13.0. The number of rotatable bonds is 7. The molecular formula is C20H29NO4. The van der Waals surface area contributed by atoms with Crippen LogP contribution >= 0.6 is 0 Å². The molecule has 1 atom stereocenters. The fourth-order valence-electron chi connectivity index (χ4n) is 3.91. The Bertz CT molecular complexity index is 568. The highest BCUT2D eigenvalue weighted by Gasteiger charge is 2.47. The molecule has 3 rings (SSSR count). The standard InChI is InChI=1S/C20H29NO4/c1-23-15-20(10-4-11-20)19(22)21-12-3-5-16(13-21)14-25-18-8-6-17(24-2)7-9-18/h6-9,16H,3-5,10-15H2,1-2H3. The molecule has 5 heteroatoms. The molecule has 5 nitrogen and oxygen atoms in total. The third-order valence-electron chi connectivity index (χ3n) is 5.54. The minimum atomic E-state index is -0.256. The van der Waals surface area contributed by atoms with Gasteiger partial charge in [-0.15, -0.1) is 0 Å². The smallest absolute Gasteiger partial charge is 0.231 e. The van der Waals surface area contributed by atoms with Gasteiger partial charge in [-0.05, 0) is 49.9 Å². The zero-order valence-electron chi connectivity index (χ0n) is 15.3. The largest absolute Gasteiger partial charge is 0.497 e. The van der Waals surface area contributed by atoms with Crippen molar-refractivity contribution in [1.82, 2.24) is 4.90 Å². The predicted molar refractivity (Wildman–Crippen MR) is 96.0 cm³/mol. The molecule has 2 aliphatic rings. The third kappa shape index (κ3) is 4.09. The Morgan fingerprint density at radius 2 is 1.88 bits per heavy atom. The third-order valence-corrected chi connectivity index (χ3v) is 5.54. The second kappa shape index (κ2) is 8.09. The monoisotopic (exact) mass is 347 g/mol. The van der Waals surface area contributed by atoms with Gasteiger partial charge in [0, 0.05) is 26.1 Å². The van der Waals surface area contributed by atoms with E-state index in [1.165, 1.54) is 0 Å². The van der Waals surface area contributed by atoms with Crippen LogP contribution in [-0.2, 0) is 9.53 Å². The first kappa shape index (κ1) is 18.1. The Hall–Kier alpha value is -1.75. The number of likely N-dealkylation sites (tertiary alicyclic amines) is 1. The topological polar surface area (TPSA) is 48.0 Å². The Kier molecular flexibility index (Phi) is 5.84. The van der Waals surface area contributed by atoms with E-state index >= 15 is 0 Å². The number of hydrogen-bond donors (Lipinski definition) is 0. The fraction of sp³-hybridized carbons (Fsp3) is 0.650. The van der Waals surface area contributed by atoms with Gasteiger partial charge in [-0.3, -0.25) is 4.79 Å². The second-order valence-electron chi connectivity index (χ2n) is 7.31. The Labute approximate surface area is 150 Å². The number of amides is 1. The van der Waals surface area contributed by atoms with Crippen molar-refractivity contribution in [3.8, 4) is 11.5 Å². The molecule has 1 saturated heterocycles. The van der Waals surface area contributed by atoms with E-state index < -0.39 is 0 Å². The van der Waals surface area contributed by atoms with Crippen LogP contribution in [0.25, 0.3) is 0 Å². The lowest BCUT2D eigenvalue weighted by molar-refractivity contribution is -0.154. The van der Waals surface area contributed by atoms with Crippen LogP contribution in [-0.4, -0.2) is 51.3 Å². The maximum Gasteiger partial charge on any atom is 0.231 e. The number of carbonyl (C=O) groups excluding carboxylic acids is 1. The minimum Gasteiger partial charge on any atom is -0.497 e. The van der Waals surface area contributed by atoms with Gasteiger partial charge < -0.3 is 19.1 Å². The van der Waals surface area contributed by atoms with Crippen molar-refractivity contribution in [3.63, 3.8) is 0 Å². The van der Waals surface area contributed by atoms with Crippen molar-refractivity contribution in [2.24, 2.45) is 11.3 Å². The zero-order valence-corrected chi connectivity index (χ0v) is 15.3. The molecule has 0 spiro atoms. The first-order chi connectivity index (χ1) is 12.2. The summed E-state index contributed by atoms with van der Waals surface area (Å²) in [5.41, 5.74) is -0.256. The fourth-order valence-corrected chi connectivity index (χ4v) is 3.91. The molecule has 1 heterocycles. The highest BCUT2D eigenvalue weighted by Crippen LogP contribution is 2.43. The van der Waals surface area contributed by atoms with Gasteiger partial charge in [0.1, 0.15) is 11.5 Å². The highest BCUT2D eigenvalue weighted by molar-refractivity contribution is 5.84. The van der Waals surface area contributed by atoms with E-state index in [0.717, 1.165) is 56.7 Å². The van der Waals surface area contributed by atoms with Crippen molar-refractivity contribution in [2.75, 3.05) is 40.5 Å². The first-order valence-electron chi connectivity index (χ1n) is 9.22. The summed E-state index contributed by atoms with van der Waals surface area (Å²) in [6.45, 7) is 2.85. The number of benzene rings is 1. The van der Waals surface area contributed by atoms with Gasteiger partial charge in [0.15, 0.2) is 0 Å². The van der Waals surface area contributed by atoms with Gasteiger partial charge in [-0.25, -0.2) is 0 Å². The molecule has 1 aliphatic carbocycles. The second-order valence-corrected chi connectivity index (χ2v) is 7.31. The summed E-state index contributed by atoms with van der Waals surface area (Å²) in [7, 11) is 3.34. The van der Waals surface area contributed by atoms with Crippen molar-refractivity contribution < 1.29 is 19.0 Å². The number of nitrogens with zero attached hydrogens (tertiary/aromatic N) is 1. The number of methoxy groups -OCH3 is 2. The zero-order chi connectivity index (χ0) is 17.7. The van der Waals surface area contributed by atoms with Crippen LogP contribution < -0.4 is 9.47 Å². The lowest BCUT2D eigenvalue weighted by Crippen LogP contribution is -2.53. The van der Waals surface area contributed by atoms with Gasteiger partial charge in [-0.2, -0.15) is 0 Å². The predicted octanol–water partition coefficient (Wildman–Crippen LogP) is 3.13. The molecule has 1 aromatic carbocycles. The quantitative estimate of drug-likeness (QED) is 0.760. The van der Waals surface area contributed by atoms with Gasteiger partial charge in [0.05, 0.1) is 25.7 Å². The maximum atomic E-state index is 13.0. The van der Waals surface area contributed by atoms with E-state index in [2.05, 4.69) is 0 Å². The number of ether oxygens (including phenoxy) is 3. The summed E-state index contributed by atoms with van der Waals surface area (Å²) in [6, 6.07) is 7.65. The summed E-state index contributed by atoms with van der Waals surface area (Å²) in [5.74, 6) is 2.35. The van der Waals surface area contributed by atoms with E-state index in [4.69, 9.17) is 14.2 Å². The molecule has 0 radical (unpaired) electrons. The molecule has 0 N–H and O–H groups in total. The van der Waals surface area contributed by atoms with Crippen LogP contribution in [0.2, 0.25) is 0 Å². The van der Waals surface area contributed by atoms with E-state index in [1.54, 1.807) is 14.2 Å². The van der Waals surface area contributed by atoms with E-state index in [9.17, 15) is 4.79 Å². The number of hydrogen-bond acceptors (Lipinski definition) is 4. The van der Waals surface area contributed by atoms with E-state index in [-0.39, 0.29) is 11.3 Å². The molecule has 1 unspecified atom stereocenters. The van der Waals surface area contributed by atoms with Crippen molar-refractivity contribution >= 4 is 5.91 Å². The van der Waals surface area contributed by atoms with Crippen LogP contribution in [0.5, 0.6) is 11.5 Å². The van der Waals surface area contributed by atoms with Crippen LogP contribution in [0.3, 0.4) is 0 Å². The van der Waals surface area contributed by atoms with Crippen LogP contribution in [0.15, 0.2) is 24.3 Å². The molecule has 1 saturated carbocycles. The lowest BCUT2D eigenvalue weighted by Gasteiger charge is -2.45. The summed E-state index contributed by atoms with van der Waals surface area (Å²) in [5, 5.41) is 0. The first-order valence-corrected chi connectivity index (χ1v) is 9.22. The summed E-state index contributed by atoms with van der Waals surface area (Å²) in [6.07, 6.45) is 5.21. The molecule has 2 fully saturated rings. The normalized spacial score (nSPS) is 22.2. The van der Waals surface area contributed by atoms with Gasteiger partial charge in [0.2, 0.25) is 5.91 Å². The van der Waals surface area contributed by atoms with Crippen LogP contribution in [0.4, 0.5) is 0 Å². The van der Waals surface area contributed by atoms with Crippen molar-refractivity contribution in [1.29, 1.82) is 0 Å². The molecular weight excluding hydrogens is 318 g/mol. The minimum absolute atomic E-state index is 0.256. The Balaban J connectivity index is 1.53. The van der Waals surface area contributed by atoms with Crippen molar-refractivity contribution in [2.45, 2.75) is 32.1 Å². The van der Waals surface area contributed by atoms with Crippen LogP contribution in [0, 0.1) is 11.3 Å². The molecule has 1 aliphatic heterocycles. The molecule has 138 valence electrons. The van der Waals surface area contributed by atoms with E-state index in [0.29, 0.717) is 19.1 Å². The van der Waals surface area contributed by atoms with Crippen LogP contribution in [0.1, 0.15) is 32.1 Å². The summed E-state index contributed by atoms with van der Waals surface area (Å²) in [4.78, 5) is 15.0. The van der Waals surface area contributed by atoms with Gasteiger partial charge in [-0.1, -0.05) is 6.42 Å². The highest BCUT2D eigenvalue weighted by atomic mass is 16.5. The molecule has 1 amide bonds. The Morgan fingerprint density at radius 1 is 1.16 bits per heavy atom. The number of carbonyl (C=O) groups is 1. The van der Waals surface area contributed by atoms with E-state index in [1.807, 2.05) is 29.2 Å². The molecule has 25 heavy (non-hydrogen) atoms. The lowest BCUT2D eigenvalue weighted by atomic mass is 9.68. The Morgan fingerprint density at radius 3 is 2.48 bits per heavy atom. The SMILES string of the molecule is COCC1(C(=O)N2CCCC(COc3ccc(OC)cc3)C2)CCC1. The molecule has 0 aromatic heterocycles. The number of piperidine rings is 1. The molecule has 1 aromatic rings.